The molecule has 2 aromatic rings. The smallest absolute Gasteiger partial charge is 0.320 e. The summed E-state index contributed by atoms with van der Waals surface area (Å²) in [7, 11) is 0. The first kappa shape index (κ1) is 20.7. The Hall–Kier alpha value is -2.52. The van der Waals surface area contributed by atoms with Gasteiger partial charge >= 0.3 is 6.03 Å². The Morgan fingerprint density at radius 3 is 2.77 bits per heavy atom. The maximum atomic E-state index is 14.5. The highest BCUT2D eigenvalue weighted by atomic mass is 35.5. The van der Waals surface area contributed by atoms with Crippen molar-refractivity contribution in [1.29, 1.82) is 0 Å². The SMILES string of the molecule is C[C@@H](Nc1nc(Cl)nc2c1CN(C(=O)N1CCOCC1)C2)c1cccc(CF)c1F. The minimum absolute atomic E-state index is 0.00869. The van der Waals surface area contributed by atoms with E-state index in [1.165, 1.54) is 6.07 Å². The van der Waals surface area contributed by atoms with Crippen LogP contribution in [0.25, 0.3) is 0 Å². The van der Waals surface area contributed by atoms with Crippen molar-refractivity contribution >= 4 is 23.4 Å². The van der Waals surface area contributed by atoms with Gasteiger partial charge in [0.15, 0.2) is 0 Å². The highest BCUT2D eigenvalue weighted by molar-refractivity contribution is 6.28. The molecule has 10 heteroatoms. The van der Waals surface area contributed by atoms with Gasteiger partial charge in [-0.3, -0.25) is 0 Å². The molecule has 160 valence electrons. The van der Waals surface area contributed by atoms with Crippen LogP contribution in [0.5, 0.6) is 0 Å². The van der Waals surface area contributed by atoms with Crippen LogP contribution in [0.15, 0.2) is 18.2 Å². The number of ether oxygens (including phenoxy) is 1. The van der Waals surface area contributed by atoms with Gasteiger partial charge in [-0.2, -0.15) is 0 Å². The van der Waals surface area contributed by atoms with Crippen LogP contribution in [0.1, 0.15) is 35.3 Å². The molecule has 2 aliphatic heterocycles. The van der Waals surface area contributed by atoms with Gasteiger partial charge in [-0.25, -0.2) is 23.5 Å². The van der Waals surface area contributed by atoms with Crippen molar-refractivity contribution in [1.82, 2.24) is 19.8 Å². The molecule has 1 fully saturated rings. The van der Waals surface area contributed by atoms with Gasteiger partial charge in [-0.05, 0) is 18.5 Å². The fourth-order valence-electron chi connectivity index (χ4n) is 3.75. The molecule has 0 radical (unpaired) electrons. The Morgan fingerprint density at radius 2 is 2.03 bits per heavy atom. The second-order valence-corrected chi connectivity index (χ2v) is 7.66. The molecule has 4 rings (SSSR count). The highest BCUT2D eigenvalue weighted by Crippen LogP contribution is 2.32. The third kappa shape index (κ3) is 4.04. The molecule has 0 bridgehead atoms. The Morgan fingerprint density at radius 1 is 1.27 bits per heavy atom. The third-order valence-electron chi connectivity index (χ3n) is 5.38. The summed E-state index contributed by atoms with van der Waals surface area (Å²) in [5.74, 6) is -0.138. The maximum Gasteiger partial charge on any atom is 0.320 e. The number of nitrogens with zero attached hydrogens (tertiary/aromatic N) is 4. The largest absolute Gasteiger partial charge is 0.378 e. The first-order chi connectivity index (χ1) is 14.5. The Balaban J connectivity index is 1.55. The number of benzene rings is 1. The lowest BCUT2D eigenvalue weighted by atomic mass is 10.0. The van der Waals surface area contributed by atoms with Crippen LogP contribution < -0.4 is 5.32 Å². The first-order valence-electron chi connectivity index (χ1n) is 9.74. The van der Waals surface area contributed by atoms with Gasteiger partial charge in [0.05, 0.1) is 38.0 Å². The summed E-state index contributed by atoms with van der Waals surface area (Å²) in [5, 5.41) is 3.20. The minimum Gasteiger partial charge on any atom is -0.378 e. The molecule has 7 nitrogen and oxygen atoms in total. The number of rotatable bonds is 4. The summed E-state index contributed by atoms with van der Waals surface area (Å²) in [6.07, 6.45) is 0. The fraction of sp³-hybridized carbons (Fsp3) is 0.450. The molecule has 0 unspecified atom stereocenters. The van der Waals surface area contributed by atoms with Crippen molar-refractivity contribution in [3.8, 4) is 0 Å². The number of aromatic nitrogens is 2. The number of hydrogen-bond acceptors (Lipinski definition) is 5. The van der Waals surface area contributed by atoms with Crippen LogP contribution in [-0.2, 0) is 24.5 Å². The van der Waals surface area contributed by atoms with Crippen LogP contribution in [0.2, 0.25) is 5.28 Å². The molecule has 1 aromatic heterocycles. The minimum atomic E-state index is -0.875. The zero-order valence-corrected chi connectivity index (χ0v) is 17.3. The van der Waals surface area contributed by atoms with Gasteiger partial charge in [0.1, 0.15) is 18.3 Å². The van der Waals surface area contributed by atoms with Gasteiger partial charge < -0.3 is 19.9 Å². The average Bonchev–Trinajstić information content (AvgIpc) is 3.18. The molecular weight excluding hydrogens is 416 g/mol. The van der Waals surface area contributed by atoms with E-state index >= 15 is 0 Å². The van der Waals surface area contributed by atoms with Crippen LogP contribution in [0.3, 0.4) is 0 Å². The number of hydrogen-bond donors (Lipinski definition) is 1. The second-order valence-electron chi connectivity index (χ2n) is 7.32. The Labute approximate surface area is 178 Å². The maximum absolute atomic E-state index is 14.5. The predicted molar refractivity (Wildman–Crippen MR) is 107 cm³/mol. The number of morpholine rings is 1. The summed E-state index contributed by atoms with van der Waals surface area (Å²) in [6, 6.07) is 4.05. The molecule has 0 saturated carbocycles. The van der Waals surface area contributed by atoms with E-state index < -0.39 is 18.5 Å². The van der Waals surface area contributed by atoms with Crippen LogP contribution in [-0.4, -0.2) is 52.1 Å². The topological polar surface area (TPSA) is 70.6 Å². The van der Waals surface area contributed by atoms with E-state index in [9.17, 15) is 13.6 Å². The van der Waals surface area contributed by atoms with Crippen molar-refractivity contribution < 1.29 is 18.3 Å². The zero-order chi connectivity index (χ0) is 21.3. The zero-order valence-electron chi connectivity index (χ0n) is 16.5. The molecule has 30 heavy (non-hydrogen) atoms. The Kier molecular flexibility index (Phi) is 6.01. The second kappa shape index (κ2) is 8.69. The van der Waals surface area contributed by atoms with Gasteiger partial charge in [0.2, 0.25) is 5.28 Å². The van der Waals surface area contributed by atoms with Gasteiger partial charge in [0, 0.05) is 29.8 Å². The van der Waals surface area contributed by atoms with E-state index in [-0.39, 0.29) is 16.9 Å². The van der Waals surface area contributed by atoms with E-state index in [4.69, 9.17) is 16.3 Å². The number of carbonyl (C=O) groups excluding carboxylic acids is 1. The predicted octanol–water partition coefficient (Wildman–Crippen LogP) is 3.68. The lowest BCUT2D eigenvalue weighted by Gasteiger charge is -2.30. The van der Waals surface area contributed by atoms with E-state index in [2.05, 4.69) is 15.3 Å². The number of fused-ring (bicyclic) bond motifs is 1. The van der Waals surface area contributed by atoms with Crippen molar-refractivity contribution in [2.45, 2.75) is 32.7 Å². The van der Waals surface area contributed by atoms with Crippen LogP contribution in [0, 0.1) is 5.82 Å². The first-order valence-corrected chi connectivity index (χ1v) is 10.1. The van der Waals surface area contributed by atoms with Crippen molar-refractivity contribution in [2.75, 3.05) is 31.6 Å². The van der Waals surface area contributed by atoms with Gasteiger partial charge in [-0.15, -0.1) is 0 Å². The standard InChI is InChI=1S/C20H22ClF2N5O2/c1-12(14-4-2-3-13(9-22)17(14)23)24-18-15-10-28(11-16(15)25-19(21)26-18)20(29)27-5-7-30-8-6-27/h2-4,12H,5-11H2,1H3,(H,24,25,26)/t12-/m1/s1. The number of halogens is 3. The average molecular weight is 438 g/mol. The number of anilines is 1. The molecule has 2 amide bonds. The summed E-state index contributed by atoms with van der Waals surface area (Å²) >= 11 is 6.10. The number of alkyl halides is 1. The molecule has 0 aliphatic carbocycles. The van der Waals surface area contributed by atoms with Crippen molar-refractivity contribution in [3.05, 3.63) is 51.7 Å². The fourth-order valence-corrected chi connectivity index (χ4v) is 3.94. The lowest BCUT2D eigenvalue weighted by molar-refractivity contribution is 0.0429. The molecule has 1 aromatic carbocycles. The summed E-state index contributed by atoms with van der Waals surface area (Å²) in [6.45, 7) is 3.66. The van der Waals surface area contributed by atoms with Crippen LogP contribution in [0.4, 0.5) is 19.4 Å². The van der Waals surface area contributed by atoms with Gasteiger partial charge in [0.25, 0.3) is 0 Å². The normalized spacial score (nSPS) is 17.1. The number of amides is 2. The third-order valence-corrected chi connectivity index (χ3v) is 5.55. The molecule has 2 aliphatic rings. The van der Waals surface area contributed by atoms with E-state index in [1.54, 1.807) is 28.9 Å². The monoisotopic (exact) mass is 437 g/mol. The summed E-state index contributed by atoms with van der Waals surface area (Å²) in [5.41, 5.74) is 1.74. The summed E-state index contributed by atoms with van der Waals surface area (Å²) < 4.78 is 32.9. The van der Waals surface area contributed by atoms with Crippen LogP contribution >= 0.6 is 11.6 Å². The molecular formula is C20H22ClF2N5O2. The highest BCUT2D eigenvalue weighted by Gasteiger charge is 2.32. The van der Waals surface area contributed by atoms with E-state index in [0.717, 1.165) is 5.56 Å². The van der Waals surface area contributed by atoms with Crippen molar-refractivity contribution in [3.63, 3.8) is 0 Å². The number of urea groups is 1. The molecule has 1 N–H and O–H groups in total. The molecule has 3 heterocycles. The molecule has 1 atom stereocenters. The summed E-state index contributed by atoms with van der Waals surface area (Å²) in [4.78, 5) is 24.8. The van der Waals surface area contributed by atoms with Crippen molar-refractivity contribution in [2.24, 2.45) is 0 Å². The lowest BCUT2D eigenvalue weighted by Crippen LogP contribution is -2.46. The number of carbonyl (C=O) groups is 1. The molecule has 1 saturated heterocycles. The Bertz CT molecular complexity index is 955. The van der Waals surface area contributed by atoms with E-state index in [0.29, 0.717) is 56.5 Å². The quantitative estimate of drug-likeness (QED) is 0.739. The molecule has 0 spiro atoms. The van der Waals surface area contributed by atoms with E-state index in [1.807, 2.05) is 0 Å². The number of nitrogens with one attached hydrogen (secondary N) is 1. The van der Waals surface area contributed by atoms with Gasteiger partial charge in [-0.1, -0.05) is 18.2 Å².